The molecular formula is C26H31Br2NO2. The first kappa shape index (κ1) is 27.1. The molecule has 1 fully saturated rings. The van der Waals surface area contributed by atoms with Crippen LogP contribution in [0.1, 0.15) is 19.4 Å². The first-order valence-electron chi connectivity index (χ1n) is 10.4. The summed E-state index contributed by atoms with van der Waals surface area (Å²) in [6.07, 6.45) is 0.371. The molecule has 0 aliphatic carbocycles. The van der Waals surface area contributed by atoms with Crippen LogP contribution >= 0.6 is 31.9 Å². The molecule has 1 atom stereocenters. The van der Waals surface area contributed by atoms with Crippen LogP contribution in [0.2, 0.25) is 0 Å². The highest BCUT2D eigenvalue weighted by atomic mass is 79.9. The number of amides is 1. The number of morpholine rings is 1. The van der Waals surface area contributed by atoms with E-state index in [9.17, 15) is 4.79 Å². The van der Waals surface area contributed by atoms with Gasteiger partial charge in [-0.25, -0.2) is 0 Å². The predicted molar refractivity (Wildman–Crippen MR) is 137 cm³/mol. The van der Waals surface area contributed by atoms with Crippen molar-refractivity contribution in [2.45, 2.75) is 26.4 Å². The molecule has 3 aromatic rings. The Balaban J connectivity index is 0.000000251. The Labute approximate surface area is 203 Å². The van der Waals surface area contributed by atoms with E-state index in [0.29, 0.717) is 19.6 Å². The van der Waals surface area contributed by atoms with Gasteiger partial charge in [-0.3, -0.25) is 4.79 Å². The maximum atomic E-state index is 11.7. The van der Waals surface area contributed by atoms with Gasteiger partial charge in [-0.2, -0.15) is 0 Å². The molecule has 3 nitrogen and oxygen atoms in total. The molecule has 1 saturated heterocycles. The molecule has 1 aliphatic rings. The number of hydrogen-bond donors (Lipinski definition) is 0. The summed E-state index contributed by atoms with van der Waals surface area (Å²) >= 11 is 6.62. The number of hydrogen-bond acceptors (Lipinski definition) is 2. The lowest BCUT2D eigenvalue weighted by Gasteiger charge is -2.29. The SMILES string of the molecule is Brc1ccccc1.Brc1ccccc1.CC.CN1CCOC(Cc2ccccc2)C1=O. The van der Waals surface area contributed by atoms with E-state index in [0.717, 1.165) is 14.5 Å². The molecule has 0 radical (unpaired) electrons. The van der Waals surface area contributed by atoms with Crippen LogP contribution in [0.15, 0.2) is 99.9 Å². The fraction of sp³-hybridized carbons (Fsp3) is 0.269. The minimum absolute atomic E-state index is 0.0881. The second-order valence-electron chi connectivity index (χ2n) is 6.40. The van der Waals surface area contributed by atoms with Crippen LogP contribution in [0, 0.1) is 0 Å². The average Bonchev–Trinajstić information content (AvgIpc) is 2.81. The highest BCUT2D eigenvalue weighted by Crippen LogP contribution is 2.11. The van der Waals surface area contributed by atoms with Gasteiger partial charge in [0.1, 0.15) is 6.10 Å². The molecule has 1 unspecified atom stereocenters. The number of likely N-dealkylation sites (N-methyl/N-ethyl adjacent to an activating group) is 1. The number of carbonyl (C=O) groups excluding carboxylic acids is 1. The van der Waals surface area contributed by atoms with E-state index in [1.165, 1.54) is 0 Å². The van der Waals surface area contributed by atoms with Crippen molar-refractivity contribution in [2.75, 3.05) is 20.2 Å². The molecule has 0 spiro atoms. The van der Waals surface area contributed by atoms with Crippen molar-refractivity contribution in [3.8, 4) is 0 Å². The Kier molecular flexibility index (Phi) is 14.6. The topological polar surface area (TPSA) is 29.5 Å². The molecule has 0 bridgehead atoms. The van der Waals surface area contributed by atoms with Crippen molar-refractivity contribution in [3.05, 3.63) is 106 Å². The highest BCUT2D eigenvalue weighted by Gasteiger charge is 2.26. The lowest BCUT2D eigenvalue weighted by molar-refractivity contribution is -0.150. The van der Waals surface area contributed by atoms with Crippen LogP contribution < -0.4 is 0 Å². The van der Waals surface area contributed by atoms with Crippen molar-refractivity contribution in [1.29, 1.82) is 0 Å². The lowest BCUT2D eigenvalue weighted by Crippen LogP contribution is -2.46. The molecule has 166 valence electrons. The van der Waals surface area contributed by atoms with Crippen LogP contribution in [0.25, 0.3) is 0 Å². The van der Waals surface area contributed by atoms with Gasteiger partial charge >= 0.3 is 0 Å². The standard InChI is InChI=1S/C12H15NO2.2C6H5Br.C2H6/c1-13-7-8-15-11(12(13)14)9-10-5-3-2-4-6-10;2*7-6-4-2-1-3-5-6;1-2/h2-6,11H,7-9H2,1H3;2*1-5H;1-2H3. The number of carbonyl (C=O) groups is 1. The van der Waals surface area contributed by atoms with Crippen LogP contribution in [0.5, 0.6) is 0 Å². The highest BCUT2D eigenvalue weighted by molar-refractivity contribution is 9.10. The molecule has 4 rings (SSSR count). The fourth-order valence-electron chi connectivity index (χ4n) is 2.56. The quantitative estimate of drug-likeness (QED) is 0.344. The van der Waals surface area contributed by atoms with E-state index >= 15 is 0 Å². The lowest BCUT2D eigenvalue weighted by atomic mass is 10.1. The van der Waals surface area contributed by atoms with Gasteiger partial charge in [-0.15, -0.1) is 0 Å². The third-order valence-electron chi connectivity index (χ3n) is 4.13. The van der Waals surface area contributed by atoms with E-state index in [1.807, 2.05) is 112 Å². The van der Waals surface area contributed by atoms with E-state index in [-0.39, 0.29) is 12.0 Å². The molecule has 0 saturated carbocycles. The van der Waals surface area contributed by atoms with Crippen molar-refractivity contribution < 1.29 is 9.53 Å². The number of nitrogens with zero attached hydrogens (tertiary/aromatic N) is 1. The Hall–Kier alpha value is -1.95. The van der Waals surface area contributed by atoms with Crippen LogP contribution in [0.3, 0.4) is 0 Å². The monoisotopic (exact) mass is 547 g/mol. The van der Waals surface area contributed by atoms with Gasteiger partial charge in [0.15, 0.2) is 0 Å². The minimum Gasteiger partial charge on any atom is -0.366 e. The molecule has 5 heteroatoms. The maximum Gasteiger partial charge on any atom is 0.251 e. The molecule has 0 N–H and O–H groups in total. The van der Waals surface area contributed by atoms with E-state index in [1.54, 1.807) is 4.90 Å². The predicted octanol–water partition coefficient (Wildman–Crippen LogP) is 7.01. The number of halogens is 2. The molecule has 1 heterocycles. The van der Waals surface area contributed by atoms with Gasteiger partial charge in [0.2, 0.25) is 0 Å². The zero-order valence-corrected chi connectivity index (χ0v) is 21.6. The summed E-state index contributed by atoms with van der Waals surface area (Å²) in [5.41, 5.74) is 1.14. The summed E-state index contributed by atoms with van der Waals surface area (Å²) in [5, 5.41) is 0. The van der Waals surface area contributed by atoms with Gasteiger partial charge in [0.05, 0.1) is 6.61 Å². The average molecular weight is 549 g/mol. The van der Waals surface area contributed by atoms with Crippen molar-refractivity contribution in [2.24, 2.45) is 0 Å². The first-order chi connectivity index (χ1) is 15.1. The smallest absolute Gasteiger partial charge is 0.251 e. The van der Waals surface area contributed by atoms with Crippen LogP contribution in [-0.2, 0) is 16.0 Å². The van der Waals surface area contributed by atoms with E-state index in [4.69, 9.17) is 4.74 Å². The van der Waals surface area contributed by atoms with E-state index in [2.05, 4.69) is 31.9 Å². The summed E-state index contributed by atoms with van der Waals surface area (Å²) < 4.78 is 7.74. The Morgan fingerprint density at radius 2 is 1.23 bits per heavy atom. The summed E-state index contributed by atoms with van der Waals surface area (Å²) in [7, 11) is 1.82. The van der Waals surface area contributed by atoms with Crippen molar-refractivity contribution >= 4 is 37.8 Å². The second-order valence-corrected chi connectivity index (χ2v) is 8.23. The largest absolute Gasteiger partial charge is 0.366 e. The molecule has 1 amide bonds. The zero-order valence-electron chi connectivity index (χ0n) is 18.4. The molecular weight excluding hydrogens is 518 g/mol. The van der Waals surface area contributed by atoms with E-state index < -0.39 is 0 Å². The normalized spacial score (nSPS) is 14.7. The fourth-order valence-corrected chi connectivity index (χ4v) is 3.17. The third kappa shape index (κ3) is 11.9. The van der Waals surface area contributed by atoms with Crippen molar-refractivity contribution in [3.63, 3.8) is 0 Å². The van der Waals surface area contributed by atoms with Crippen LogP contribution in [0.4, 0.5) is 0 Å². The van der Waals surface area contributed by atoms with Gasteiger partial charge < -0.3 is 9.64 Å². The molecule has 1 aliphatic heterocycles. The first-order valence-corrected chi connectivity index (χ1v) is 12.0. The summed E-state index contributed by atoms with van der Waals surface area (Å²) in [6.45, 7) is 5.34. The van der Waals surface area contributed by atoms with Gasteiger partial charge in [-0.05, 0) is 29.8 Å². The number of ether oxygens (including phenoxy) is 1. The number of rotatable bonds is 2. The third-order valence-corrected chi connectivity index (χ3v) is 5.18. The van der Waals surface area contributed by atoms with Crippen molar-refractivity contribution in [1.82, 2.24) is 4.90 Å². The summed E-state index contributed by atoms with van der Waals surface area (Å²) in [4.78, 5) is 13.5. The van der Waals surface area contributed by atoms with Gasteiger partial charge in [0.25, 0.3) is 5.91 Å². The van der Waals surface area contributed by atoms with Crippen LogP contribution in [-0.4, -0.2) is 37.1 Å². The Morgan fingerprint density at radius 1 is 0.806 bits per heavy atom. The Bertz CT molecular complexity index is 792. The molecule has 31 heavy (non-hydrogen) atoms. The second kappa shape index (κ2) is 16.7. The minimum atomic E-state index is -0.300. The molecule has 3 aromatic carbocycles. The number of benzene rings is 3. The van der Waals surface area contributed by atoms with Gasteiger partial charge in [-0.1, -0.05) is 112 Å². The van der Waals surface area contributed by atoms with Gasteiger partial charge in [0, 0.05) is 29.0 Å². The Morgan fingerprint density at radius 3 is 1.61 bits per heavy atom. The zero-order chi connectivity index (χ0) is 22.9. The maximum absolute atomic E-state index is 11.7. The summed E-state index contributed by atoms with van der Waals surface area (Å²) in [6, 6.07) is 29.9. The summed E-state index contributed by atoms with van der Waals surface area (Å²) in [5.74, 6) is 0.0881. The molecule has 0 aromatic heterocycles.